The average Bonchev–Trinajstić information content (AvgIpc) is 2.37. The molecule has 1 aromatic carbocycles. The lowest BCUT2D eigenvalue weighted by Gasteiger charge is -2.37. The standard InChI is InChI=1S/C14H14F3NO2/c1-9(19)13(18-12(20)14(15,16)17)7-6-10-4-2-3-5-11(10)8-13/h2-5H,6-8H2,1H3,(H,18,20). The van der Waals surface area contributed by atoms with Crippen molar-refractivity contribution in [2.45, 2.75) is 37.9 Å². The van der Waals surface area contributed by atoms with Crippen LogP contribution in [0.4, 0.5) is 13.2 Å². The highest BCUT2D eigenvalue weighted by atomic mass is 19.4. The van der Waals surface area contributed by atoms with E-state index in [1.165, 1.54) is 6.92 Å². The van der Waals surface area contributed by atoms with E-state index in [2.05, 4.69) is 0 Å². The highest BCUT2D eigenvalue weighted by Gasteiger charge is 2.47. The lowest BCUT2D eigenvalue weighted by molar-refractivity contribution is -0.176. The molecule has 0 spiro atoms. The van der Waals surface area contributed by atoms with Gasteiger partial charge in [0.2, 0.25) is 0 Å². The van der Waals surface area contributed by atoms with E-state index in [0.717, 1.165) is 11.1 Å². The van der Waals surface area contributed by atoms with Gasteiger partial charge in [0, 0.05) is 6.42 Å². The van der Waals surface area contributed by atoms with E-state index in [4.69, 9.17) is 0 Å². The normalized spacial score (nSPS) is 22.0. The SMILES string of the molecule is CC(=O)C1(NC(=O)C(F)(F)F)CCc2ccccc2C1. The summed E-state index contributed by atoms with van der Waals surface area (Å²) in [7, 11) is 0. The average molecular weight is 285 g/mol. The molecule has 0 aromatic heterocycles. The number of carbonyl (C=O) groups excluding carboxylic acids is 2. The molecule has 1 aliphatic rings. The molecule has 1 N–H and O–H groups in total. The number of rotatable bonds is 2. The predicted octanol–water partition coefficient (Wildman–Crippen LogP) is 2.18. The summed E-state index contributed by atoms with van der Waals surface area (Å²) in [5.74, 6) is -2.52. The summed E-state index contributed by atoms with van der Waals surface area (Å²) in [6, 6.07) is 7.26. The van der Waals surface area contributed by atoms with Gasteiger partial charge in [-0.15, -0.1) is 0 Å². The van der Waals surface area contributed by atoms with Gasteiger partial charge in [-0.3, -0.25) is 9.59 Å². The van der Waals surface area contributed by atoms with Crippen LogP contribution in [0.25, 0.3) is 0 Å². The third-order valence-electron chi connectivity index (χ3n) is 3.72. The maximum absolute atomic E-state index is 12.4. The van der Waals surface area contributed by atoms with E-state index < -0.39 is 23.4 Å². The Hall–Kier alpha value is -1.85. The second-order valence-corrected chi connectivity index (χ2v) is 5.04. The van der Waals surface area contributed by atoms with Crippen molar-refractivity contribution < 1.29 is 22.8 Å². The van der Waals surface area contributed by atoms with Crippen molar-refractivity contribution >= 4 is 11.7 Å². The maximum atomic E-state index is 12.4. The molecule has 1 aromatic rings. The number of carbonyl (C=O) groups is 2. The first-order valence-electron chi connectivity index (χ1n) is 6.22. The van der Waals surface area contributed by atoms with Gasteiger partial charge >= 0.3 is 12.1 Å². The minimum absolute atomic E-state index is 0.0975. The predicted molar refractivity (Wildman–Crippen MR) is 66.1 cm³/mol. The Morgan fingerprint density at radius 1 is 1.20 bits per heavy atom. The van der Waals surface area contributed by atoms with Crippen LogP contribution in [-0.4, -0.2) is 23.4 Å². The van der Waals surface area contributed by atoms with Gasteiger partial charge in [0.05, 0.1) is 0 Å². The number of aryl methyl sites for hydroxylation is 1. The second-order valence-electron chi connectivity index (χ2n) is 5.04. The van der Waals surface area contributed by atoms with Crippen LogP contribution in [0.15, 0.2) is 24.3 Å². The number of ketones is 1. The zero-order chi connectivity index (χ0) is 15.0. The highest BCUT2D eigenvalue weighted by Crippen LogP contribution is 2.30. The summed E-state index contributed by atoms with van der Waals surface area (Å²) in [6.45, 7) is 1.21. The Balaban J connectivity index is 2.30. The van der Waals surface area contributed by atoms with Crippen LogP contribution >= 0.6 is 0 Å². The van der Waals surface area contributed by atoms with Crippen molar-refractivity contribution in [3.8, 4) is 0 Å². The minimum atomic E-state index is -4.99. The van der Waals surface area contributed by atoms with Crippen molar-refractivity contribution in [2.75, 3.05) is 0 Å². The zero-order valence-electron chi connectivity index (χ0n) is 10.9. The van der Waals surface area contributed by atoms with E-state index in [1.54, 1.807) is 12.1 Å². The molecule has 108 valence electrons. The zero-order valence-corrected chi connectivity index (χ0v) is 10.9. The number of Topliss-reactive ketones (excluding diaryl/α,β-unsaturated/α-hetero) is 1. The van der Waals surface area contributed by atoms with Crippen molar-refractivity contribution in [1.29, 1.82) is 0 Å². The van der Waals surface area contributed by atoms with Crippen LogP contribution in [0.1, 0.15) is 24.5 Å². The van der Waals surface area contributed by atoms with Gasteiger partial charge in [-0.2, -0.15) is 13.2 Å². The van der Waals surface area contributed by atoms with Gasteiger partial charge in [-0.05, 0) is 30.9 Å². The van der Waals surface area contributed by atoms with Crippen LogP contribution in [0.5, 0.6) is 0 Å². The molecular weight excluding hydrogens is 271 g/mol. The number of fused-ring (bicyclic) bond motifs is 1. The molecule has 0 radical (unpaired) electrons. The molecule has 3 nitrogen and oxygen atoms in total. The largest absolute Gasteiger partial charge is 0.471 e. The molecule has 2 rings (SSSR count). The van der Waals surface area contributed by atoms with Crippen LogP contribution in [-0.2, 0) is 22.4 Å². The van der Waals surface area contributed by atoms with Crippen molar-refractivity contribution in [3.05, 3.63) is 35.4 Å². The lowest BCUT2D eigenvalue weighted by Crippen LogP contribution is -2.59. The summed E-state index contributed by atoms with van der Waals surface area (Å²) >= 11 is 0. The lowest BCUT2D eigenvalue weighted by atomic mass is 9.75. The van der Waals surface area contributed by atoms with Gasteiger partial charge in [-0.25, -0.2) is 0 Å². The molecule has 1 unspecified atom stereocenters. The van der Waals surface area contributed by atoms with Crippen molar-refractivity contribution in [3.63, 3.8) is 0 Å². The molecule has 0 bridgehead atoms. The summed E-state index contributed by atoms with van der Waals surface area (Å²) in [6.07, 6.45) is -4.24. The minimum Gasteiger partial charge on any atom is -0.335 e. The summed E-state index contributed by atoms with van der Waals surface area (Å²) < 4.78 is 37.2. The van der Waals surface area contributed by atoms with Gasteiger partial charge in [-0.1, -0.05) is 24.3 Å². The topological polar surface area (TPSA) is 46.2 Å². The number of nitrogens with one attached hydrogen (secondary N) is 1. The van der Waals surface area contributed by atoms with Gasteiger partial charge < -0.3 is 5.32 Å². The van der Waals surface area contributed by atoms with Crippen LogP contribution in [0.3, 0.4) is 0 Å². The van der Waals surface area contributed by atoms with Gasteiger partial charge in [0.15, 0.2) is 5.78 Å². The molecule has 0 saturated carbocycles. The highest BCUT2D eigenvalue weighted by molar-refractivity contribution is 5.93. The van der Waals surface area contributed by atoms with Crippen LogP contribution < -0.4 is 5.32 Å². The Kier molecular flexibility index (Phi) is 3.58. The van der Waals surface area contributed by atoms with E-state index in [-0.39, 0.29) is 12.8 Å². The van der Waals surface area contributed by atoms with Crippen LogP contribution in [0, 0.1) is 0 Å². The molecule has 1 amide bonds. The summed E-state index contributed by atoms with van der Waals surface area (Å²) in [5.41, 5.74) is 0.350. The first kappa shape index (κ1) is 14.6. The third kappa shape index (κ3) is 2.69. The number of alkyl halides is 3. The Bertz CT molecular complexity index is 554. The Morgan fingerprint density at radius 3 is 2.35 bits per heavy atom. The summed E-state index contributed by atoms with van der Waals surface area (Å²) in [5, 5.41) is 1.90. The fourth-order valence-corrected chi connectivity index (χ4v) is 2.52. The monoisotopic (exact) mass is 285 g/mol. The first-order valence-corrected chi connectivity index (χ1v) is 6.22. The quantitative estimate of drug-likeness (QED) is 0.905. The molecule has 0 aliphatic heterocycles. The van der Waals surface area contributed by atoms with Gasteiger partial charge in [0.25, 0.3) is 0 Å². The number of amides is 1. The molecular formula is C14H14F3NO2. The fraction of sp³-hybridized carbons (Fsp3) is 0.429. The van der Waals surface area contributed by atoms with E-state index in [0.29, 0.717) is 6.42 Å². The van der Waals surface area contributed by atoms with Crippen LogP contribution in [0.2, 0.25) is 0 Å². The Labute approximate surface area is 114 Å². The molecule has 20 heavy (non-hydrogen) atoms. The molecule has 1 atom stereocenters. The smallest absolute Gasteiger partial charge is 0.335 e. The third-order valence-corrected chi connectivity index (χ3v) is 3.72. The van der Waals surface area contributed by atoms with Crippen molar-refractivity contribution in [2.24, 2.45) is 0 Å². The van der Waals surface area contributed by atoms with E-state index in [1.807, 2.05) is 17.4 Å². The molecule has 0 heterocycles. The van der Waals surface area contributed by atoms with Crippen molar-refractivity contribution in [1.82, 2.24) is 5.32 Å². The number of hydrogen-bond acceptors (Lipinski definition) is 2. The Morgan fingerprint density at radius 2 is 1.80 bits per heavy atom. The maximum Gasteiger partial charge on any atom is 0.471 e. The first-order chi connectivity index (χ1) is 9.24. The number of benzene rings is 1. The fourth-order valence-electron chi connectivity index (χ4n) is 2.52. The molecule has 0 fully saturated rings. The number of halogens is 3. The second kappa shape index (κ2) is 4.92. The molecule has 0 saturated heterocycles. The number of hydrogen-bond donors (Lipinski definition) is 1. The summed E-state index contributed by atoms with van der Waals surface area (Å²) in [4.78, 5) is 23.0. The van der Waals surface area contributed by atoms with E-state index >= 15 is 0 Å². The van der Waals surface area contributed by atoms with E-state index in [9.17, 15) is 22.8 Å². The molecule has 1 aliphatic carbocycles. The van der Waals surface area contributed by atoms with Gasteiger partial charge in [0.1, 0.15) is 5.54 Å². The molecule has 6 heteroatoms.